The first-order valence-corrected chi connectivity index (χ1v) is 7.78. The highest BCUT2D eigenvalue weighted by Gasteiger charge is 2.03. The Morgan fingerprint density at radius 3 is 2.39 bits per heavy atom. The zero-order chi connectivity index (χ0) is 13.4. The van der Waals surface area contributed by atoms with E-state index in [2.05, 4.69) is 72.9 Å². The molecule has 18 heavy (non-hydrogen) atoms. The summed E-state index contributed by atoms with van der Waals surface area (Å²) in [5.74, 6) is 0. The van der Waals surface area contributed by atoms with E-state index in [4.69, 9.17) is 4.74 Å². The minimum Gasteiger partial charge on any atom is -0.379 e. The van der Waals surface area contributed by atoms with E-state index >= 15 is 0 Å². The zero-order valence-electron chi connectivity index (χ0n) is 11.6. The molecule has 3 heteroatoms. The van der Waals surface area contributed by atoms with Gasteiger partial charge in [0, 0.05) is 16.2 Å². The average Bonchev–Trinajstić information content (AvgIpc) is 2.34. The van der Waals surface area contributed by atoms with Crippen LogP contribution < -0.4 is 5.32 Å². The van der Waals surface area contributed by atoms with E-state index in [1.807, 2.05) is 0 Å². The van der Waals surface area contributed by atoms with E-state index in [0.29, 0.717) is 12.1 Å². The highest BCUT2D eigenvalue weighted by molar-refractivity contribution is 14.1. The summed E-state index contributed by atoms with van der Waals surface area (Å²) in [6.07, 6.45) is 2.65. The normalized spacial score (nSPS) is 12.9. The van der Waals surface area contributed by atoms with Gasteiger partial charge in [-0.05, 0) is 80.4 Å². The van der Waals surface area contributed by atoms with Gasteiger partial charge in [0.15, 0.2) is 0 Å². The van der Waals surface area contributed by atoms with Crippen molar-refractivity contribution in [1.29, 1.82) is 0 Å². The number of halogens is 1. The number of nitrogens with one attached hydrogen (secondary N) is 1. The second-order valence-electron chi connectivity index (χ2n) is 4.85. The molecule has 0 saturated carbocycles. The Morgan fingerprint density at radius 1 is 1.11 bits per heavy atom. The summed E-state index contributed by atoms with van der Waals surface area (Å²) in [6, 6.07) is 9.13. The first-order valence-electron chi connectivity index (χ1n) is 6.70. The van der Waals surface area contributed by atoms with Crippen molar-refractivity contribution in [2.75, 3.05) is 13.2 Å². The number of benzene rings is 1. The fourth-order valence-corrected chi connectivity index (χ4v) is 2.09. The Hall–Kier alpha value is -0.130. The van der Waals surface area contributed by atoms with Gasteiger partial charge in [-0.15, -0.1) is 0 Å². The van der Waals surface area contributed by atoms with Gasteiger partial charge in [0.1, 0.15) is 0 Å². The van der Waals surface area contributed by atoms with E-state index in [9.17, 15) is 0 Å². The molecule has 1 aromatic carbocycles. The van der Waals surface area contributed by atoms with Crippen molar-refractivity contribution >= 4 is 22.6 Å². The molecule has 0 saturated heterocycles. The topological polar surface area (TPSA) is 21.3 Å². The van der Waals surface area contributed by atoms with E-state index in [0.717, 1.165) is 19.6 Å². The maximum absolute atomic E-state index is 5.52. The third kappa shape index (κ3) is 6.71. The minimum atomic E-state index is 0.351. The lowest BCUT2D eigenvalue weighted by Crippen LogP contribution is -2.20. The molecule has 0 aliphatic heterocycles. The van der Waals surface area contributed by atoms with Crippen molar-refractivity contribution in [3.63, 3.8) is 0 Å². The maximum atomic E-state index is 5.52. The molecule has 0 aliphatic carbocycles. The highest BCUT2D eigenvalue weighted by Crippen LogP contribution is 2.14. The van der Waals surface area contributed by atoms with Gasteiger partial charge < -0.3 is 10.1 Å². The SMILES string of the molecule is CC(C)OCCCCNC(C)c1ccc(I)cc1. The van der Waals surface area contributed by atoms with Gasteiger partial charge in [-0.2, -0.15) is 0 Å². The summed E-state index contributed by atoms with van der Waals surface area (Å²) >= 11 is 2.33. The van der Waals surface area contributed by atoms with Crippen LogP contribution in [0.2, 0.25) is 0 Å². The Bertz CT molecular complexity index is 324. The third-order valence-electron chi connectivity index (χ3n) is 2.84. The van der Waals surface area contributed by atoms with Gasteiger partial charge in [0.25, 0.3) is 0 Å². The summed E-state index contributed by atoms with van der Waals surface area (Å²) < 4.78 is 6.80. The van der Waals surface area contributed by atoms with Crippen molar-refractivity contribution in [2.24, 2.45) is 0 Å². The molecule has 1 rings (SSSR count). The third-order valence-corrected chi connectivity index (χ3v) is 3.56. The van der Waals surface area contributed by atoms with Crippen LogP contribution in [-0.2, 0) is 4.74 Å². The number of unbranched alkanes of at least 4 members (excludes halogenated alkanes) is 1. The summed E-state index contributed by atoms with van der Waals surface area (Å²) in [7, 11) is 0. The highest BCUT2D eigenvalue weighted by atomic mass is 127. The fraction of sp³-hybridized carbons (Fsp3) is 0.600. The lowest BCUT2D eigenvalue weighted by atomic mass is 10.1. The minimum absolute atomic E-state index is 0.351. The predicted molar refractivity (Wildman–Crippen MR) is 85.9 cm³/mol. The van der Waals surface area contributed by atoms with Gasteiger partial charge in [0.2, 0.25) is 0 Å². The van der Waals surface area contributed by atoms with E-state index < -0.39 is 0 Å². The molecule has 0 radical (unpaired) electrons. The number of hydrogen-bond acceptors (Lipinski definition) is 2. The smallest absolute Gasteiger partial charge is 0.0518 e. The van der Waals surface area contributed by atoms with Crippen molar-refractivity contribution in [3.05, 3.63) is 33.4 Å². The number of hydrogen-bond donors (Lipinski definition) is 1. The summed E-state index contributed by atoms with van der Waals surface area (Å²) in [4.78, 5) is 0. The molecule has 0 bridgehead atoms. The van der Waals surface area contributed by atoms with Crippen LogP contribution in [0, 0.1) is 3.57 Å². The second-order valence-corrected chi connectivity index (χ2v) is 6.10. The van der Waals surface area contributed by atoms with Gasteiger partial charge in [-0.3, -0.25) is 0 Å². The van der Waals surface area contributed by atoms with Crippen LogP contribution in [0.3, 0.4) is 0 Å². The molecule has 0 heterocycles. The fourth-order valence-electron chi connectivity index (χ4n) is 1.73. The molecule has 2 nitrogen and oxygen atoms in total. The Kier molecular flexibility index (Phi) is 7.86. The standard InChI is InChI=1S/C15H24INO/c1-12(2)18-11-5-4-10-17-13(3)14-6-8-15(16)9-7-14/h6-9,12-13,17H,4-5,10-11H2,1-3H3. The molecule has 0 aromatic heterocycles. The van der Waals surface area contributed by atoms with Crippen molar-refractivity contribution < 1.29 is 4.74 Å². The maximum Gasteiger partial charge on any atom is 0.0518 e. The molecule has 0 spiro atoms. The first-order chi connectivity index (χ1) is 8.59. The van der Waals surface area contributed by atoms with Crippen LogP contribution in [0.1, 0.15) is 45.2 Å². The predicted octanol–water partition coefficient (Wildman–Crippen LogP) is 4.15. The van der Waals surface area contributed by atoms with Crippen LogP contribution in [0.25, 0.3) is 0 Å². The Morgan fingerprint density at radius 2 is 1.78 bits per heavy atom. The quantitative estimate of drug-likeness (QED) is 0.555. The molecule has 102 valence electrons. The monoisotopic (exact) mass is 361 g/mol. The second kappa shape index (κ2) is 8.88. The van der Waals surface area contributed by atoms with E-state index in [1.54, 1.807) is 0 Å². The van der Waals surface area contributed by atoms with Gasteiger partial charge in [-0.25, -0.2) is 0 Å². The lowest BCUT2D eigenvalue weighted by Gasteiger charge is -2.14. The zero-order valence-corrected chi connectivity index (χ0v) is 13.7. The molecule has 0 aliphatic rings. The molecule has 0 fully saturated rings. The van der Waals surface area contributed by atoms with Crippen LogP contribution in [0.4, 0.5) is 0 Å². The summed E-state index contributed by atoms with van der Waals surface area (Å²) in [5, 5.41) is 3.55. The molecule has 1 aromatic rings. The van der Waals surface area contributed by atoms with Crippen molar-refractivity contribution in [1.82, 2.24) is 5.32 Å². The number of ether oxygens (including phenoxy) is 1. The van der Waals surface area contributed by atoms with Crippen LogP contribution in [0.5, 0.6) is 0 Å². The lowest BCUT2D eigenvalue weighted by molar-refractivity contribution is 0.0759. The summed E-state index contributed by atoms with van der Waals surface area (Å²) in [5.41, 5.74) is 1.36. The van der Waals surface area contributed by atoms with E-state index in [-0.39, 0.29) is 0 Å². The summed E-state index contributed by atoms with van der Waals surface area (Å²) in [6.45, 7) is 8.30. The molecular weight excluding hydrogens is 337 g/mol. The number of rotatable bonds is 8. The van der Waals surface area contributed by atoms with Gasteiger partial charge in [-0.1, -0.05) is 12.1 Å². The van der Waals surface area contributed by atoms with Crippen molar-refractivity contribution in [2.45, 2.75) is 45.8 Å². The van der Waals surface area contributed by atoms with Crippen LogP contribution >= 0.6 is 22.6 Å². The molecule has 1 atom stereocenters. The Labute approximate surface area is 125 Å². The first kappa shape index (κ1) is 15.9. The van der Waals surface area contributed by atoms with Crippen LogP contribution in [-0.4, -0.2) is 19.3 Å². The van der Waals surface area contributed by atoms with Gasteiger partial charge in [0.05, 0.1) is 6.10 Å². The largest absolute Gasteiger partial charge is 0.379 e. The molecule has 1 unspecified atom stereocenters. The van der Waals surface area contributed by atoms with E-state index in [1.165, 1.54) is 15.6 Å². The molecule has 0 amide bonds. The average molecular weight is 361 g/mol. The molecule has 1 N–H and O–H groups in total. The van der Waals surface area contributed by atoms with Gasteiger partial charge >= 0.3 is 0 Å². The Balaban J connectivity index is 2.13. The van der Waals surface area contributed by atoms with Crippen molar-refractivity contribution in [3.8, 4) is 0 Å². The van der Waals surface area contributed by atoms with Crippen LogP contribution in [0.15, 0.2) is 24.3 Å². The molecular formula is C15H24INO.